The zero-order valence-electron chi connectivity index (χ0n) is 26.6. The molecule has 4 aromatic heterocycles. The van der Waals surface area contributed by atoms with E-state index < -0.39 is 28.7 Å². The molecule has 2 aromatic carbocycles. The van der Waals surface area contributed by atoms with Crippen LogP contribution >= 0.6 is 45.3 Å². The molecular formula is C39H14N4O5S4. The molecule has 0 fully saturated rings. The zero-order valence-corrected chi connectivity index (χ0v) is 29.8. The third-order valence-corrected chi connectivity index (χ3v) is 14.1. The number of rotatable bonds is 2. The molecular weight excluding hydrogens is 733 g/mol. The molecule has 52 heavy (non-hydrogen) atoms. The Kier molecular flexibility index (Phi) is 6.60. The van der Waals surface area contributed by atoms with E-state index >= 15 is 0 Å². The lowest BCUT2D eigenvalue weighted by Gasteiger charge is -2.31. The van der Waals surface area contributed by atoms with Crippen molar-refractivity contribution < 1.29 is 23.9 Å². The molecule has 1 aliphatic heterocycles. The van der Waals surface area contributed by atoms with Crippen molar-refractivity contribution in [3.05, 3.63) is 107 Å². The number of allylic oxidation sites excluding steroid dienone is 2. The van der Waals surface area contributed by atoms with Gasteiger partial charge in [-0.3, -0.25) is 19.2 Å². The van der Waals surface area contributed by atoms with Gasteiger partial charge in [-0.25, -0.2) is 0 Å². The van der Waals surface area contributed by atoms with Crippen molar-refractivity contribution in [2.75, 3.05) is 0 Å². The Balaban J connectivity index is 1.07. The van der Waals surface area contributed by atoms with Gasteiger partial charge in [-0.15, -0.1) is 45.3 Å². The Bertz CT molecular complexity index is 2930. The zero-order chi connectivity index (χ0) is 36.4. The van der Waals surface area contributed by atoms with Gasteiger partial charge in [0, 0.05) is 42.3 Å². The Hall–Kier alpha value is -6.32. The maximum absolute atomic E-state index is 13.3. The fourth-order valence-corrected chi connectivity index (χ4v) is 12.3. The van der Waals surface area contributed by atoms with Crippen molar-refractivity contribution >= 4 is 99.4 Å². The predicted octanol–water partition coefficient (Wildman–Crippen LogP) is 8.95. The van der Waals surface area contributed by atoms with Crippen LogP contribution in [0.15, 0.2) is 47.5 Å². The Morgan fingerprint density at radius 1 is 0.558 bits per heavy atom. The maximum Gasteiger partial charge on any atom is 0.197 e. The van der Waals surface area contributed by atoms with Gasteiger partial charge in [0.2, 0.25) is 0 Å². The first-order valence-electron chi connectivity index (χ1n) is 15.4. The minimum absolute atomic E-state index is 0.0115. The first kappa shape index (κ1) is 31.6. The molecule has 0 atom stereocenters. The molecule has 6 aromatic rings. The van der Waals surface area contributed by atoms with Crippen LogP contribution in [0, 0.1) is 45.3 Å². The molecule has 0 N–H and O–H groups in total. The summed E-state index contributed by atoms with van der Waals surface area (Å²) < 4.78 is 10.5. The molecule has 0 spiro atoms. The minimum Gasteiger partial charge on any atom is -0.480 e. The van der Waals surface area contributed by atoms with Crippen molar-refractivity contribution in [3.63, 3.8) is 0 Å². The second kappa shape index (κ2) is 10.8. The average Bonchev–Trinajstić information content (AvgIpc) is 3.95. The summed E-state index contributed by atoms with van der Waals surface area (Å²) >= 11 is 6.01. The molecule has 3 aliphatic rings. The van der Waals surface area contributed by atoms with Crippen molar-refractivity contribution in [1.82, 2.24) is 0 Å². The Morgan fingerprint density at radius 2 is 0.942 bits per heavy atom. The van der Waals surface area contributed by atoms with E-state index in [2.05, 4.69) is 0 Å². The second-order valence-corrected chi connectivity index (χ2v) is 16.9. The van der Waals surface area contributed by atoms with E-state index in [-0.39, 0.29) is 55.7 Å². The molecule has 244 valence electrons. The van der Waals surface area contributed by atoms with E-state index in [1.165, 1.54) is 46.9 Å². The van der Waals surface area contributed by atoms with E-state index in [1.807, 2.05) is 50.3 Å². The number of carbonyl (C=O) groups is 4. The van der Waals surface area contributed by atoms with Gasteiger partial charge in [0.1, 0.15) is 29.9 Å². The van der Waals surface area contributed by atoms with E-state index in [1.54, 1.807) is 34.8 Å². The normalized spacial score (nSPS) is 15.0. The van der Waals surface area contributed by atoms with Crippen LogP contribution in [0.4, 0.5) is 0 Å². The van der Waals surface area contributed by atoms with Crippen LogP contribution in [0.3, 0.4) is 0 Å². The third kappa shape index (κ3) is 4.26. The van der Waals surface area contributed by atoms with Gasteiger partial charge in [-0.2, -0.15) is 21.0 Å². The molecule has 0 saturated carbocycles. The lowest BCUT2D eigenvalue weighted by atomic mass is 9.95. The van der Waals surface area contributed by atoms with E-state index in [4.69, 9.17) is 4.74 Å². The van der Waals surface area contributed by atoms with Crippen LogP contribution in [0.25, 0.3) is 40.7 Å². The monoisotopic (exact) mass is 746 g/mol. The van der Waals surface area contributed by atoms with Crippen LogP contribution in [0.5, 0.6) is 5.75 Å². The largest absolute Gasteiger partial charge is 0.480 e. The molecule has 0 radical (unpaired) electrons. The quantitative estimate of drug-likeness (QED) is 0.124. The number of hydrogen-bond acceptors (Lipinski definition) is 13. The summed E-state index contributed by atoms with van der Waals surface area (Å²) in [4.78, 5) is 56.5. The Morgan fingerprint density at radius 3 is 1.37 bits per heavy atom. The molecule has 5 heterocycles. The fraction of sp³-hybridized carbons (Fsp3) is 0.0769. The molecule has 2 aliphatic carbocycles. The smallest absolute Gasteiger partial charge is 0.197 e. The Labute approximate surface area is 309 Å². The average molecular weight is 747 g/mol. The lowest BCUT2D eigenvalue weighted by Crippen LogP contribution is -2.27. The highest BCUT2D eigenvalue weighted by atomic mass is 32.1. The number of hydrogen-bond donors (Lipinski definition) is 0. The summed E-state index contributed by atoms with van der Waals surface area (Å²) in [6.07, 6.45) is 3.14. The number of nitriles is 4. The molecule has 9 nitrogen and oxygen atoms in total. The standard InChI is InChI=1S/C39H14N4O5S4/c1-39(2)29-35-27(9-19(49-35)7-25-30(44)21-3-15(11-40)16(12-41)4-22(21)31(25)45)51-37(29)38-34(48-39)36-28(52-38)10-20(50-36)8-26-32(46)23-5-17(13-42)18(14-43)6-24(23)33(26)47/h3-10H,1-2H3. The lowest BCUT2D eigenvalue weighted by molar-refractivity contribution is 0.0975. The van der Waals surface area contributed by atoms with Gasteiger partial charge in [0.15, 0.2) is 28.9 Å². The van der Waals surface area contributed by atoms with Gasteiger partial charge in [-0.05, 0) is 62.4 Å². The number of thiophene rings is 4. The van der Waals surface area contributed by atoms with Gasteiger partial charge in [-0.1, -0.05) is 0 Å². The van der Waals surface area contributed by atoms with Gasteiger partial charge >= 0.3 is 0 Å². The maximum atomic E-state index is 13.3. The number of ketones is 4. The van der Waals surface area contributed by atoms with Crippen molar-refractivity contribution in [3.8, 4) is 39.8 Å². The number of carbonyl (C=O) groups excluding carboxylic acids is 4. The predicted molar refractivity (Wildman–Crippen MR) is 197 cm³/mol. The summed E-state index contributed by atoms with van der Waals surface area (Å²) in [5.74, 6) is -1.20. The number of Topliss-reactive ketones (excluding diaryl/α,β-unsaturated/α-hetero) is 4. The molecule has 0 unspecified atom stereocenters. The summed E-state index contributed by atoms with van der Waals surface area (Å²) in [5, 5.41) is 37.6. The molecule has 9 rings (SSSR count). The summed E-state index contributed by atoms with van der Waals surface area (Å²) in [6, 6.07) is 16.8. The number of fused-ring (bicyclic) bond motifs is 9. The SMILES string of the molecule is CC1(C)Oc2c(sc3cc(C=C4C(=O)c5cc(C#N)c(C#N)cc5C4=O)sc23)-c2sc3cc(C=C4C(=O)c5cc(C#N)c(C#N)cc5C4=O)sc3c21. The topological polar surface area (TPSA) is 173 Å². The van der Waals surface area contributed by atoms with Crippen molar-refractivity contribution in [1.29, 1.82) is 21.0 Å². The van der Waals surface area contributed by atoms with Crippen LogP contribution in [-0.2, 0) is 5.60 Å². The van der Waals surface area contributed by atoms with Crippen molar-refractivity contribution in [2.24, 2.45) is 0 Å². The van der Waals surface area contributed by atoms with Gasteiger partial charge < -0.3 is 4.74 Å². The second-order valence-electron chi connectivity index (χ2n) is 12.6. The summed E-state index contributed by atoms with van der Waals surface area (Å²) in [6.45, 7) is 3.97. The summed E-state index contributed by atoms with van der Waals surface area (Å²) in [5.41, 5.74) is 0.888. The molecule has 0 bridgehead atoms. The van der Waals surface area contributed by atoms with E-state index in [0.29, 0.717) is 9.75 Å². The molecule has 0 saturated heterocycles. The van der Waals surface area contributed by atoms with Crippen LogP contribution in [0.2, 0.25) is 0 Å². The molecule has 0 amide bonds. The van der Waals surface area contributed by atoms with E-state index in [0.717, 1.165) is 39.9 Å². The highest BCUT2D eigenvalue weighted by Gasteiger charge is 2.41. The fourth-order valence-electron chi connectivity index (χ4n) is 6.84. The van der Waals surface area contributed by atoms with Crippen LogP contribution < -0.4 is 4.74 Å². The highest BCUT2D eigenvalue weighted by molar-refractivity contribution is 7.35. The first-order chi connectivity index (χ1) is 25.0. The summed E-state index contributed by atoms with van der Waals surface area (Å²) in [7, 11) is 0. The minimum atomic E-state index is -0.751. The van der Waals surface area contributed by atoms with Crippen LogP contribution in [-0.4, -0.2) is 23.1 Å². The third-order valence-electron chi connectivity index (χ3n) is 9.22. The van der Waals surface area contributed by atoms with E-state index in [9.17, 15) is 40.2 Å². The number of nitrogens with zero attached hydrogens (tertiary/aromatic N) is 4. The van der Waals surface area contributed by atoms with Gasteiger partial charge in [0.25, 0.3) is 0 Å². The highest BCUT2D eigenvalue weighted by Crippen LogP contribution is 2.60. The number of benzene rings is 2. The number of ether oxygens (including phenoxy) is 1. The first-order valence-corrected chi connectivity index (χ1v) is 18.6. The molecule has 13 heteroatoms. The van der Waals surface area contributed by atoms with Crippen molar-refractivity contribution in [2.45, 2.75) is 19.4 Å². The van der Waals surface area contributed by atoms with Crippen LogP contribution in [0.1, 0.15) is 92.9 Å². The van der Waals surface area contributed by atoms with Gasteiger partial charge in [0.05, 0.1) is 57.3 Å².